The first-order valence-electron chi connectivity index (χ1n) is 10.3. The summed E-state index contributed by atoms with van der Waals surface area (Å²) in [5.74, 6) is -2.02. The molecule has 0 unspecified atom stereocenters. The number of hydrogen-bond acceptors (Lipinski definition) is 5. The Labute approximate surface area is 185 Å². The van der Waals surface area contributed by atoms with Crippen LogP contribution in [0.2, 0.25) is 0 Å². The molecule has 0 bridgehead atoms. The van der Waals surface area contributed by atoms with E-state index in [1.54, 1.807) is 10.9 Å². The van der Waals surface area contributed by atoms with Gasteiger partial charge in [-0.2, -0.15) is 18.3 Å². The predicted octanol–water partition coefficient (Wildman–Crippen LogP) is 4.78. The van der Waals surface area contributed by atoms with Gasteiger partial charge in [0.15, 0.2) is 11.6 Å². The number of hydrogen-bond donors (Lipinski definition) is 1. The largest absolute Gasteiger partial charge is 0.491 e. The maximum absolute atomic E-state index is 15.1. The Morgan fingerprint density at radius 3 is 2.61 bits per heavy atom. The molecule has 0 spiro atoms. The summed E-state index contributed by atoms with van der Waals surface area (Å²) >= 11 is 0. The molecule has 0 atom stereocenters. The second kappa shape index (κ2) is 8.80. The lowest BCUT2D eigenvalue weighted by Crippen LogP contribution is -2.19. The zero-order valence-corrected chi connectivity index (χ0v) is 17.5. The summed E-state index contributed by atoms with van der Waals surface area (Å²) in [5, 5.41) is 7.10. The van der Waals surface area contributed by atoms with E-state index in [1.165, 1.54) is 13.2 Å². The topological polar surface area (TPSA) is 86.1 Å². The maximum atomic E-state index is 15.1. The lowest BCUT2D eigenvalue weighted by molar-refractivity contribution is -0.141. The van der Waals surface area contributed by atoms with Crippen LogP contribution in [0, 0.1) is 11.7 Å². The number of fused-ring (bicyclic) bond motifs is 1. The molecule has 174 valence electrons. The van der Waals surface area contributed by atoms with Crippen LogP contribution in [-0.2, 0) is 11.0 Å². The van der Waals surface area contributed by atoms with E-state index in [0.29, 0.717) is 5.39 Å². The second-order valence-electron chi connectivity index (χ2n) is 7.88. The van der Waals surface area contributed by atoms with Crippen molar-refractivity contribution >= 4 is 28.8 Å². The summed E-state index contributed by atoms with van der Waals surface area (Å²) in [7, 11) is 1.21. The van der Waals surface area contributed by atoms with E-state index in [4.69, 9.17) is 4.74 Å². The number of nitrogens with zero attached hydrogens (tertiary/aromatic N) is 3. The monoisotopic (exact) mass is 464 g/mol. The molecule has 1 aliphatic carbocycles. The minimum Gasteiger partial charge on any atom is -0.491 e. The van der Waals surface area contributed by atoms with Crippen molar-refractivity contribution < 1.29 is 31.9 Å². The Bertz CT molecular complexity index is 1200. The highest BCUT2D eigenvalue weighted by Gasteiger charge is 2.33. The van der Waals surface area contributed by atoms with E-state index in [0.717, 1.165) is 50.2 Å². The van der Waals surface area contributed by atoms with Gasteiger partial charge in [-0.25, -0.2) is 9.37 Å². The quantitative estimate of drug-likeness (QED) is 0.434. The number of carbonyl (C=O) groups excluding carboxylic acids is 2. The Morgan fingerprint density at radius 2 is 1.97 bits per heavy atom. The van der Waals surface area contributed by atoms with Crippen molar-refractivity contribution in [3.05, 3.63) is 47.7 Å². The summed E-state index contributed by atoms with van der Waals surface area (Å²) in [6.07, 6.45) is 0.778. The number of pyridine rings is 1. The number of halogens is 4. The molecular formula is C22H20F4N4O3. The van der Waals surface area contributed by atoms with Crippen LogP contribution >= 0.6 is 0 Å². The van der Waals surface area contributed by atoms with Crippen LogP contribution in [0.25, 0.3) is 10.9 Å². The van der Waals surface area contributed by atoms with Crippen molar-refractivity contribution in [2.45, 2.75) is 37.9 Å². The number of alkyl halides is 3. The predicted molar refractivity (Wildman–Crippen MR) is 110 cm³/mol. The average molecular weight is 464 g/mol. The smallest absolute Gasteiger partial charge is 0.433 e. The van der Waals surface area contributed by atoms with Crippen LogP contribution in [-0.4, -0.2) is 34.1 Å². The fraction of sp³-hybridized carbons (Fsp3) is 0.364. The van der Waals surface area contributed by atoms with E-state index in [2.05, 4.69) is 15.4 Å². The third-order valence-electron chi connectivity index (χ3n) is 5.74. The summed E-state index contributed by atoms with van der Waals surface area (Å²) in [5.41, 5.74) is -1.71. The molecule has 4 rings (SSSR count). The van der Waals surface area contributed by atoms with E-state index in [-0.39, 0.29) is 28.9 Å². The summed E-state index contributed by atoms with van der Waals surface area (Å²) in [4.78, 5) is 26.9. The Morgan fingerprint density at radius 1 is 1.24 bits per heavy atom. The molecule has 3 aromatic rings. The van der Waals surface area contributed by atoms with E-state index in [1.807, 2.05) is 0 Å². The molecule has 1 N–H and O–H groups in total. The molecule has 1 amide bonds. The minimum atomic E-state index is -4.71. The number of ether oxygens (including phenoxy) is 1. The van der Waals surface area contributed by atoms with Gasteiger partial charge in [0.25, 0.3) is 5.91 Å². The van der Waals surface area contributed by atoms with Gasteiger partial charge in [-0.05, 0) is 43.9 Å². The van der Waals surface area contributed by atoms with Crippen LogP contribution < -0.4 is 10.1 Å². The van der Waals surface area contributed by atoms with Crippen LogP contribution in [0.15, 0.2) is 30.5 Å². The van der Waals surface area contributed by atoms with Gasteiger partial charge in [-0.1, -0.05) is 6.07 Å². The highest BCUT2D eigenvalue weighted by atomic mass is 19.4. The molecule has 0 radical (unpaired) electrons. The molecule has 0 saturated heterocycles. The number of nitrogens with one attached hydrogen (secondary N) is 1. The standard InChI is InChI=1S/C22H20F4N4O3/c1-33-20-16(28-21(32)15-3-2-4-17(27-15)22(24,25)26)9-13-10-30(29-19(13)18(20)23)14-7-5-12(11-31)6-8-14/h2-4,9-12,14H,5-8H2,1H3,(H,28,32). The number of benzene rings is 1. The normalized spacial score (nSPS) is 18.8. The molecule has 1 fully saturated rings. The average Bonchev–Trinajstić information content (AvgIpc) is 3.23. The highest BCUT2D eigenvalue weighted by molar-refractivity contribution is 6.05. The van der Waals surface area contributed by atoms with Gasteiger partial charge in [0.1, 0.15) is 23.2 Å². The molecule has 2 heterocycles. The molecule has 1 aromatic carbocycles. The molecule has 2 aromatic heterocycles. The number of carbonyl (C=O) groups is 2. The third kappa shape index (κ3) is 4.53. The molecule has 0 aliphatic heterocycles. The van der Waals surface area contributed by atoms with Gasteiger partial charge < -0.3 is 14.8 Å². The fourth-order valence-corrected chi connectivity index (χ4v) is 4.02. The Hall–Kier alpha value is -3.50. The first-order chi connectivity index (χ1) is 15.7. The molecule has 7 nitrogen and oxygen atoms in total. The Balaban J connectivity index is 1.64. The maximum Gasteiger partial charge on any atom is 0.433 e. The molecule has 11 heteroatoms. The van der Waals surface area contributed by atoms with Crippen molar-refractivity contribution in [1.82, 2.24) is 14.8 Å². The van der Waals surface area contributed by atoms with Gasteiger partial charge in [-0.15, -0.1) is 0 Å². The number of anilines is 1. The zero-order chi connectivity index (χ0) is 23.8. The van der Waals surface area contributed by atoms with E-state index < -0.39 is 29.3 Å². The Kier molecular flexibility index (Phi) is 6.05. The summed E-state index contributed by atoms with van der Waals surface area (Å²) in [6.45, 7) is 0. The lowest BCUT2D eigenvalue weighted by Gasteiger charge is -2.25. The van der Waals surface area contributed by atoms with Gasteiger partial charge in [0, 0.05) is 17.5 Å². The van der Waals surface area contributed by atoms with Crippen molar-refractivity contribution in [2.24, 2.45) is 5.92 Å². The number of rotatable bonds is 5. The van der Waals surface area contributed by atoms with Crippen molar-refractivity contribution in [1.29, 1.82) is 0 Å². The van der Waals surface area contributed by atoms with Crippen LogP contribution in [0.5, 0.6) is 5.75 Å². The number of aldehydes is 1. The number of methoxy groups -OCH3 is 1. The van der Waals surface area contributed by atoms with E-state index in [9.17, 15) is 22.8 Å². The lowest BCUT2D eigenvalue weighted by atomic mass is 9.87. The minimum absolute atomic E-state index is 0.00587. The van der Waals surface area contributed by atoms with Crippen LogP contribution in [0.3, 0.4) is 0 Å². The SMILES string of the molecule is COc1c(NC(=O)c2cccc(C(F)(F)F)n2)cc2cn(C3CCC(C=O)CC3)nc2c1F. The second-order valence-corrected chi connectivity index (χ2v) is 7.88. The first-order valence-corrected chi connectivity index (χ1v) is 10.3. The third-order valence-corrected chi connectivity index (χ3v) is 5.74. The van der Waals surface area contributed by atoms with Gasteiger partial charge in [0.05, 0.1) is 18.8 Å². The van der Waals surface area contributed by atoms with Crippen molar-refractivity contribution in [2.75, 3.05) is 12.4 Å². The number of aromatic nitrogens is 3. The van der Waals surface area contributed by atoms with Crippen molar-refractivity contribution in [3.63, 3.8) is 0 Å². The zero-order valence-electron chi connectivity index (χ0n) is 17.5. The van der Waals surface area contributed by atoms with E-state index >= 15 is 4.39 Å². The molecular weight excluding hydrogens is 444 g/mol. The summed E-state index contributed by atoms with van der Waals surface area (Å²) in [6, 6.07) is 4.39. The fourth-order valence-electron chi connectivity index (χ4n) is 4.02. The number of amides is 1. The first kappa shape index (κ1) is 22.7. The summed E-state index contributed by atoms with van der Waals surface area (Å²) < 4.78 is 60.6. The van der Waals surface area contributed by atoms with Crippen molar-refractivity contribution in [3.8, 4) is 5.75 Å². The van der Waals surface area contributed by atoms with Gasteiger partial charge in [-0.3, -0.25) is 9.48 Å². The van der Waals surface area contributed by atoms with Gasteiger partial charge in [0.2, 0.25) is 0 Å². The molecule has 1 aliphatic rings. The molecule has 1 saturated carbocycles. The highest BCUT2D eigenvalue weighted by Crippen LogP contribution is 2.37. The van der Waals surface area contributed by atoms with Crippen LogP contribution in [0.1, 0.15) is 47.9 Å². The van der Waals surface area contributed by atoms with Crippen LogP contribution in [0.4, 0.5) is 23.2 Å². The molecule has 33 heavy (non-hydrogen) atoms. The van der Waals surface area contributed by atoms with Gasteiger partial charge >= 0.3 is 6.18 Å².